The van der Waals surface area contributed by atoms with Gasteiger partial charge in [0.25, 0.3) is 0 Å². The van der Waals surface area contributed by atoms with E-state index < -0.39 is 0 Å². The smallest absolute Gasteiger partial charge is 0.141 e. The second-order valence-corrected chi connectivity index (χ2v) is 6.07. The van der Waals surface area contributed by atoms with Crippen LogP contribution in [0.2, 0.25) is 5.02 Å². The van der Waals surface area contributed by atoms with Gasteiger partial charge in [-0.1, -0.05) is 31.5 Å². The van der Waals surface area contributed by atoms with Crippen molar-refractivity contribution in [1.29, 1.82) is 0 Å². The highest BCUT2D eigenvalue weighted by Crippen LogP contribution is 2.30. The van der Waals surface area contributed by atoms with E-state index in [1.165, 1.54) is 12.5 Å². The van der Waals surface area contributed by atoms with Crippen LogP contribution in [-0.2, 0) is 0 Å². The maximum Gasteiger partial charge on any atom is 0.141 e. The monoisotopic (exact) mass is 284 g/mol. The highest BCUT2D eigenvalue weighted by atomic mass is 35.5. The molecule has 3 atom stereocenters. The van der Waals surface area contributed by atoms with Crippen molar-refractivity contribution in [3.05, 3.63) is 34.6 Å². The third-order valence-corrected chi connectivity index (χ3v) is 4.65. The molecule has 0 aromatic heterocycles. The van der Waals surface area contributed by atoms with Crippen molar-refractivity contribution in [2.24, 2.45) is 17.6 Å². The summed E-state index contributed by atoms with van der Waals surface area (Å²) in [5.74, 6) is 1.05. The summed E-state index contributed by atoms with van der Waals surface area (Å²) in [6.07, 6.45) is 1.19. The summed E-state index contributed by atoms with van der Waals surface area (Å²) in [5, 5.41) is 0.175. The van der Waals surface area contributed by atoms with Gasteiger partial charge in [-0.05, 0) is 42.5 Å². The van der Waals surface area contributed by atoms with E-state index in [1.54, 1.807) is 12.1 Å². The fourth-order valence-corrected chi connectivity index (χ4v) is 2.98. The van der Waals surface area contributed by atoms with E-state index in [0.29, 0.717) is 12.5 Å². The van der Waals surface area contributed by atoms with Crippen LogP contribution in [-0.4, -0.2) is 24.5 Å². The second-order valence-electron chi connectivity index (χ2n) is 5.66. The van der Waals surface area contributed by atoms with Crippen molar-refractivity contribution in [1.82, 2.24) is 4.90 Å². The van der Waals surface area contributed by atoms with Gasteiger partial charge in [-0.15, -0.1) is 0 Å². The van der Waals surface area contributed by atoms with Crippen LogP contribution in [0.15, 0.2) is 18.2 Å². The SMILES string of the molecule is CC1CCN(C(CN)c2ccc(F)c(Cl)c2)CC1C. The molecule has 106 valence electrons. The molecule has 0 amide bonds. The Kier molecular flexibility index (Phi) is 4.82. The van der Waals surface area contributed by atoms with Crippen LogP contribution in [0.3, 0.4) is 0 Å². The molecule has 1 aliphatic heterocycles. The highest BCUT2D eigenvalue weighted by molar-refractivity contribution is 6.30. The highest BCUT2D eigenvalue weighted by Gasteiger charge is 2.28. The lowest BCUT2D eigenvalue weighted by atomic mass is 9.87. The lowest BCUT2D eigenvalue weighted by Gasteiger charge is -2.40. The zero-order chi connectivity index (χ0) is 14.0. The predicted octanol–water partition coefficient (Wildman–Crippen LogP) is 3.46. The van der Waals surface area contributed by atoms with Crippen LogP contribution < -0.4 is 5.73 Å². The Balaban J connectivity index is 2.17. The quantitative estimate of drug-likeness (QED) is 0.921. The Morgan fingerprint density at radius 3 is 2.74 bits per heavy atom. The van der Waals surface area contributed by atoms with Crippen LogP contribution in [0, 0.1) is 17.7 Å². The number of nitrogens with zero attached hydrogens (tertiary/aromatic N) is 1. The molecule has 19 heavy (non-hydrogen) atoms. The first-order valence-corrected chi connectivity index (χ1v) is 7.29. The molecule has 1 aromatic rings. The van der Waals surface area contributed by atoms with Gasteiger partial charge in [-0.3, -0.25) is 4.90 Å². The molecule has 0 spiro atoms. The van der Waals surface area contributed by atoms with Gasteiger partial charge in [-0.25, -0.2) is 4.39 Å². The molecule has 1 saturated heterocycles. The van der Waals surface area contributed by atoms with Crippen LogP contribution in [0.25, 0.3) is 0 Å². The van der Waals surface area contributed by atoms with E-state index in [9.17, 15) is 4.39 Å². The van der Waals surface area contributed by atoms with Gasteiger partial charge in [0.2, 0.25) is 0 Å². The van der Waals surface area contributed by atoms with E-state index in [2.05, 4.69) is 18.7 Å². The number of rotatable bonds is 3. The van der Waals surface area contributed by atoms with Crippen LogP contribution in [0.5, 0.6) is 0 Å². The Morgan fingerprint density at radius 1 is 1.42 bits per heavy atom. The molecule has 0 aliphatic carbocycles. The van der Waals surface area contributed by atoms with Crippen LogP contribution in [0.4, 0.5) is 4.39 Å². The number of hydrogen-bond acceptors (Lipinski definition) is 2. The number of hydrogen-bond donors (Lipinski definition) is 1. The summed E-state index contributed by atoms with van der Waals surface area (Å²) in [7, 11) is 0. The number of likely N-dealkylation sites (tertiary alicyclic amines) is 1. The van der Waals surface area contributed by atoms with Gasteiger partial charge in [-0.2, -0.15) is 0 Å². The molecule has 2 N–H and O–H groups in total. The summed E-state index contributed by atoms with van der Waals surface area (Å²) in [6, 6.07) is 5.06. The topological polar surface area (TPSA) is 29.3 Å². The molecular weight excluding hydrogens is 263 g/mol. The number of nitrogens with two attached hydrogens (primary N) is 1. The summed E-state index contributed by atoms with van der Waals surface area (Å²) in [5.41, 5.74) is 6.94. The molecule has 3 unspecified atom stereocenters. The fraction of sp³-hybridized carbons (Fsp3) is 0.600. The normalized spacial score (nSPS) is 26.4. The first-order valence-electron chi connectivity index (χ1n) is 6.92. The van der Waals surface area contributed by atoms with Crippen molar-refractivity contribution in [2.75, 3.05) is 19.6 Å². The van der Waals surface area contributed by atoms with E-state index in [1.807, 2.05) is 0 Å². The Labute approximate surface area is 119 Å². The Morgan fingerprint density at radius 2 is 2.16 bits per heavy atom. The molecule has 1 aliphatic rings. The lowest BCUT2D eigenvalue weighted by molar-refractivity contribution is 0.0983. The fourth-order valence-electron chi connectivity index (χ4n) is 2.79. The third-order valence-electron chi connectivity index (χ3n) is 4.36. The van der Waals surface area contributed by atoms with Gasteiger partial charge in [0.1, 0.15) is 5.82 Å². The largest absolute Gasteiger partial charge is 0.329 e. The maximum absolute atomic E-state index is 13.2. The summed E-state index contributed by atoms with van der Waals surface area (Å²) in [6.45, 7) is 7.19. The van der Waals surface area contributed by atoms with Crippen molar-refractivity contribution in [3.8, 4) is 0 Å². The molecule has 1 fully saturated rings. The summed E-state index contributed by atoms with van der Waals surface area (Å²) in [4.78, 5) is 2.40. The molecule has 2 nitrogen and oxygen atoms in total. The third kappa shape index (κ3) is 3.28. The zero-order valence-corrected chi connectivity index (χ0v) is 12.3. The van der Waals surface area contributed by atoms with Gasteiger partial charge in [0, 0.05) is 19.1 Å². The zero-order valence-electron chi connectivity index (χ0n) is 11.6. The molecule has 0 radical (unpaired) electrons. The Hall–Kier alpha value is -0.640. The predicted molar refractivity (Wildman–Crippen MR) is 77.7 cm³/mol. The number of piperidine rings is 1. The molecular formula is C15H22ClFN2. The Bertz CT molecular complexity index is 438. The molecule has 1 heterocycles. The van der Waals surface area contributed by atoms with Gasteiger partial charge >= 0.3 is 0 Å². The molecule has 0 saturated carbocycles. The minimum Gasteiger partial charge on any atom is -0.329 e. The number of benzene rings is 1. The van der Waals surface area contributed by atoms with E-state index >= 15 is 0 Å². The number of halogens is 2. The van der Waals surface area contributed by atoms with Crippen LogP contribution in [0.1, 0.15) is 31.9 Å². The lowest BCUT2D eigenvalue weighted by Crippen LogP contribution is -2.43. The van der Waals surface area contributed by atoms with Gasteiger partial charge in [0.05, 0.1) is 5.02 Å². The summed E-state index contributed by atoms with van der Waals surface area (Å²) >= 11 is 5.87. The minimum absolute atomic E-state index is 0.132. The van der Waals surface area contributed by atoms with Crippen LogP contribution >= 0.6 is 11.6 Å². The first kappa shape index (κ1) is 14.8. The molecule has 4 heteroatoms. The average Bonchev–Trinajstić information content (AvgIpc) is 2.39. The average molecular weight is 285 g/mol. The molecule has 2 rings (SSSR count). The first-order chi connectivity index (χ1) is 9.02. The molecule has 1 aromatic carbocycles. The van der Waals surface area contributed by atoms with Gasteiger partial charge < -0.3 is 5.73 Å². The van der Waals surface area contributed by atoms with Crippen molar-refractivity contribution in [2.45, 2.75) is 26.3 Å². The van der Waals surface area contributed by atoms with E-state index in [4.69, 9.17) is 17.3 Å². The standard InChI is InChI=1S/C15H22ClFN2/c1-10-5-6-19(9-11(10)2)15(8-18)12-3-4-14(17)13(16)7-12/h3-4,7,10-11,15H,5-6,8-9,18H2,1-2H3. The molecule has 0 bridgehead atoms. The maximum atomic E-state index is 13.2. The van der Waals surface area contributed by atoms with E-state index in [-0.39, 0.29) is 16.9 Å². The van der Waals surface area contributed by atoms with Crippen molar-refractivity contribution in [3.63, 3.8) is 0 Å². The van der Waals surface area contributed by atoms with Gasteiger partial charge in [0.15, 0.2) is 0 Å². The van der Waals surface area contributed by atoms with Crippen molar-refractivity contribution >= 4 is 11.6 Å². The van der Waals surface area contributed by atoms with E-state index in [0.717, 1.165) is 24.6 Å². The second kappa shape index (κ2) is 6.21. The van der Waals surface area contributed by atoms with Crippen molar-refractivity contribution < 1.29 is 4.39 Å². The summed E-state index contributed by atoms with van der Waals surface area (Å²) < 4.78 is 13.2. The minimum atomic E-state index is -0.373.